The van der Waals surface area contributed by atoms with E-state index in [1.807, 2.05) is 30.3 Å². The largest absolute Gasteiger partial charge is 0.480 e. The van der Waals surface area contributed by atoms with Crippen molar-refractivity contribution in [3.63, 3.8) is 0 Å². The van der Waals surface area contributed by atoms with Crippen molar-refractivity contribution in [1.29, 1.82) is 0 Å². The van der Waals surface area contributed by atoms with Crippen LogP contribution in [-0.4, -0.2) is 23.0 Å². The molecule has 0 saturated carbocycles. The smallest absolute Gasteiger partial charge is 0.321 e. The first-order chi connectivity index (χ1) is 7.59. The number of nitrogens with one attached hydrogen (secondary N) is 1. The molecule has 0 radical (unpaired) electrons. The van der Waals surface area contributed by atoms with E-state index < -0.39 is 17.9 Å². The Morgan fingerprint density at radius 3 is 2.44 bits per heavy atom. The van der Waals surface area contributed by atoms with E-state index in [2.05, 4.69) is 5.32 Å². The Morgan fingerprint density at radius 1 is 1.31 bits per heavy atom. The molecule has 86 valence electrons. The van der Waals surface area contributed by atoms with Gasteiger partial charge in [-0.05, 0) is 5.56 Å². The number of aliphatic carboxylic acids is 1. The lowest BCUT2D eigenvalue weighted by molar-refractivity contribution is -0.141. The summed E-state index contributed by atoms with van der Waals surface area (Å²) in [7, 11) is 0. The molecule has 0 aliphatic carbocycles. The fourth-order valence-corrected chi connectivity index (χ4v) is 1.28. The van der Waals surface area contributed by atoms with Gasteiger partial charge < -0.3 is 10.8 Å². The molecule has 1 aromatic carbocycles. The minimum atomic E-state index is -1.07. The van der Waals surface area contributed by atoms with Gasteiger partial charge >= 0.3 is 5.97 Å². The second-order valence-electron chi connectivity index (χ2n) is 3.43. The molecule has 0 aliphatic heterocycles. The Bertz CT molecular complexity index is 365. The molecular weight excluding hydrogens is 208 g/mol. The predicted molar refractivity (Wildman–Crippen MR) is 58.5 cm³/mol. The summed E-state index contributed by atoms with van der Waals surface area (Å²) in [6.07, 6.45) is -0.206. The predicted octanol–water partition coefficient (Wildman–Crippen LogP) is 0.105. The van der Waals surface area contributed by atoms with Crippen LogP contribution in [0.5, 0.6) is 0 Å². The van der Waals surface area contributed by atoms with Gasteiger partial charge in [-0.1, -0.05) is 30.3 Å². The third-order valence-corrected chi connectivity index (χ3v) is 2.10. The van der Waals surface area contributed by atoms with Crippen LogP contribution in [0.4, 0.5) is 0 Å². The van der Waals surface area contributed by atoms with Crippen LogP contribution in [0.15, 0.2) is 30.3 Å². The summed E-state index contributed by atoms with van der Waals surface area (Å²) in [5.74, 6) is -1.71. The topological polar surface area (TPSA) is 92.4 Å². The fourth-order valence-electron chi connectivity index (χ4n) is 1.28. The van der Waals surface area contributed by atoms with Crippen molar-refractivity contribution in [2.24, 2.45) is 5.73 Å². The van der Waals surface area contributed by atoms with Crippen LogP contribution in [0.1, 0.15) is 12.0 Å². The minimum Gasteiger partial charge on any atom is -0.480 e. The zero-order chi connectivity index (χ0) is 12.0. The van der Waals surface area contributed by atoms with Crippen molar-refractivity contribution in [2.45, 2.75) is 19.0 Å². The highest BCUT2D eigenvalue weighted by Gasteiger charge is 2.18. The molecule has 0 saturated heterocycles. The summed E-state index contributed by atoms with van der Waals surface area (Å²) < 4.78 is 0. The summed E-state index contributed by atoms with van der Waals surface area (Å²) in [5.41, 5.74) is 5.91. The Morgan fingerprint density at radius 2 is 1.94 bits per heavy atom. The number of carboxylic acids is 1. The van der Waals surface area contributed by atoms with Crippen LogP contribution < -0.4 is 11.1 Å². The van der Waals surface area contributed by atoms with E-state index in [-0.39, 0.29) is 6.42 Å². The van der Waals surface area contributed by atoms with Gasteiger partial charge in [0.05, 0.1) is 6.42 Å². The molecule has 1 amide bonds. The number of carboxylic acid groups (broad SMARTS) is 1. The Labute approximate surface area is 93.3 Å². The van der Waals surface area contributed by atoms with Crippen LogP contribution in [0.25, 0.3) is 0 Å². The number of amides is 1. The van der Waals surface area contributed by atoms with Crippen molar-refractivity contribution >= 4 is 11.9 Å². The van der Waals surface area contributed by atoms with Crippen molar-refractivity contribution in [3.8, 4) is 0 Å². The van der Waals surface area contributed by atoms with E-state index >= 15 is 0 Å². The molecule has 5 heteroatoms. The zero-order valence-electron chi connectivity index (χ0n) is 8.72. The van der Waals surface area contributed by atoms with Gasteiger partial charge in [0.2, 0.25) is 5.91 Å². The fraction of sp³-hybridized carbons (Fsp3) is 0.273. The number of rotatable bonds is 6. The second kappa shape index (κ2) is 5.87. The Balaban J connectivity index is 2.50. The van der Waals surface area contributed by atoms with Gasteiger partial charge in [-0.2, -0.15) is 0 Å². The van der Waals surface area contributed by atoms with Gasteiger partial charge in [-0.25, -0.2) is 0 Å². The van der Waals surface area contributed by atoms with Crippen LogP contribution in [-0.2, 0) is 16.1 Å². The van der Waals surface area contributed by atoms with Crippen molar-refractivity contribution < 1.29 is 14.7 Å². The van der Waals surface area contributed by atoms with Gasteiger partial charge in [0.1, 0.15) is 6.04 Å². The second-order valence-corrected chi connectivity index (χ2v) is 3.43. The van der Waals surface area contributed by atoms with E-state index in [9.17, 15) is 9.59 Å². The molecule has 1 atom stereocenters. The molecule has 0 aliphatic rings. The number of hydrogen-bond donors (Lipinski definition) is 3. The van der Waals surface area contributed by atoms with E-state index in [0.29, 0.717) is 6.54 Å². The number of benzene rings is 1. The minimum absolute atomic E-state index is 0.206. The molecule has 0 aromatic heterocycles. The molecule has 16 heavy (non-hydrogen) atoms. The number of carbonyl (C=O) groups excluding carboxylic acids is 1. The lowest BCUT2D eigenvalue weighted by Crippen LogP contribution is -2.39. The molecule has 0 spiro atoms. The van der Waals surface area contributed by atoms with Crippen LogP contribution in [0.3, 0.4) is 0 Å². The van der Waals surface area contributed by atoms with Crippen molar-refractivity contribution in [1.82, 2.24) is 5.32 Å². The maximum absolute atomic E-state index is 10.8. The summed E-state index contributed by atoms with van der Waals surface area (Å²) >= 11 is 0. The highest BCUT2D eigenvalue weighted by molar-refractivity contribution is 5.83. The first-order valence-electron chi connectivity index (χ1n) is 4.88. The molecule has 0 bridgehead atoms. The first-order valence-corrected chi connectivity index (χ1v) is 4.88. The first kappa shape index (κ1) is 12.2. The molecule has 0 fully saturated rings. The van der Waals surface area contributed by atoms with Gasteiger partial charge in [-0.15, -0.1) is 0 Å². The highest BCUT2D eigenvalue weighted by atomic mass is 16.4. The third-order valence-electron chi connectivity index (χ3n) is 2.10. The van der Waals surface area contributed by atoms with Crippen LogP contribution >= 0.6 is 0 Å². The normalized spacial score (nSPS) is 12.0. The lowest BCUT2D eigenvalue weighted by Gasteiger charge is -2.12. The molecule has 1 aromatic rings. The molecule has 4 N–H and O–H groups in total. The van der Waals surface area contributed by atoms with E-state index in [4.69, 9.17) is 10.8 Å². The monoisotopic (exact) mass is 222 g/mol. The molecule has 0 heterocycles. The maximum atomic E-state index is 10.8. The van der Waals surface area contributed by atoms with Gasteiger partial charge in [-0.3, -0.25) is 14.9 Å². The summed E-state index contributed by atoms with van der Waals surface area (Å²) in [6.45, 7) is 0.394. The standard InChI is InChI=1S/C11H14N2O3/c12-10(14)6-9(11(15)16)13-7-8-4-2-1-3-5-8/h1-5,9,13H,6-7H2,(H2,12,14)(H,15,16)/t9-/m0/s1. The average Bonchev–Trinajstić information content (AvgIpc) is 2.25. The van der Waals surface area contributed by atoms with Crippen LogP contribution in [0.2, 0.25) is 0 Å². The zero-order valence-corrected chi connectivity index (χ0v) is 8.72. The molecular formula is C11H14N2O3. The van der Waals surface area contributed by atoms with Gasteiger partial charge in [0, 0.05) is 6.54 Å². The van der Waals surface area contributed by atoms with Crippen molar-refractivity contribution in [2.75, 3.05) is 0 Å². The number of primary amides is 1. The Kier molecular flexibility index (Phi) is 4.47. The summed E-state index contributed by atoms with van der Waals surface area (Å²) in [5, 5.41) is 11.6. The molecule has 1 rings (SSSR count). The number of nitrogens with two attached hydrogens (primary N) is 1. The summed E-state index contributed by atoms with van der Waals surface area (Å²) in [6, 6.07) is 8.41. The van der Waals surface area contributed by atoms with Gasteiger partial charge in [0.15, 0.2) is 0 Å². The summed E-state index contributed by atoms with van der Waals surface area (Å²) in [4.78, 5) is 21.4. The quantitative estimate of drug-likeness (QED) is 0.636. The third kappa shape index (κ3) is 4.10. The Hall–Kier alpha value is -1.88. The number of carbonyl (C=O) groups is 2. The number of hydrogen-bond acceptors (Lipinski definition) is 3. The van der Waals surface area contributed by atoms with E-state index in [0.717, 1.165) is 5.56 Å². The maximum Gasteiger partial charge on any atom is 0.321 e. The molecule has 0 unspecified atom stereocenters. The molecule has 5 nitrogen and oxygen atoms in total. The van der Waals surface area contributed by atoms with Crippen LogP contribution in [0, 0.1) is 0 Å². The van der Waals surface area contributed by atoms with E-state index in [1.165, 1.54) is 0 Å². The SMILES string of the molecule is NC(=O)C[C@H](NCc1ccccc1)C(=O)O. The van der Waals surface area contributed by atoms with Gasteiger partial charge in [0.25, 0.3) is 0 Å². The van der Waals surface area contributed by atoms with Crippen molar-refractivity contribution in [3.05, 3.63) is 35.9 Å². The average molecular weight is 222 g/mol. The van der Waals surface area contributed by atoms with E-state index in [1.54, 1.807) is 0 Å². The highest BCUT2D eigenvalue weighted by Crippen LogP contribution is 2.00. The lowest BCUT2D eigenvalue weighted by atomic mass is 10.1.